The van der Waals surface area contributed by atoms with E-state index in [4.69, 9.17) is 0 Å². The fraction of sp³-hybridized carbons (Fsp3) is 0.857. The number of unbranched alkanes of at least 4 members (excludes halogenated alkanes) is 1. The first kappa shape index (κ1) is 9.98. The van der Waals surface area contributed by atoms with E-state index in [0.29, 0.717) is 0 Å². The van der Waals surface area contributed by atoms with Crippen molar-refractivity contribution in [2.24, 2.45) is 0 Å². The van der Waals surface area contributed by atoms with Crippen LogP contribution < -0.4 is 0 Å². The Morgan fingerprint density at radius 3 is 2.60 bits per heavy atom. The Morgan fingerprint density at radius 2 is 2.30 bits per heavy atom. The van der Waals surface area contributed by atoms with Gasteiger partial charge >= 0.3 is 0 Å². The van der Waals surface area contributed by atoms with E-state index in [1.165, 1.54) is 0 Å². The van der Waals surface area contributed by atoms with E-state index in [1.807, 2.05) is 0 Å². The summed E-state index contributed by atoms with van der Waals surface area (Å²) in [5, 5.41) is 0. The number of nitrogens with zero attached hydrogens (tertiary/aromatic N) is 1. The third-order valence-corrected chi connectivity index (χ3v) is 1.79. The molecular formula is C7H15NOS. The van der Waals surface area contributed by atoms with Gasteiger partial charge in [-0.05, 0) is 13.5 Å². The number of thiol groups is 1. The van der Waals surface area contributed by atoms with Crippen LogP contribution >= 0.6 is 12.8 Å². The minimum Gasteiger partial charge on any atom is -0.302 e. The lowest BCUT2D eigenvalue weighted by Gasteiger charge is -2.15. The van der Waals surface area contributed by atoms with Gasteiger partial charge < -0.3 is 4.79 Å². The summed E-state index contributed by atoms with van der Waals surface area (Å²) in [5.41, 5.74) is 0. The van der Waals surface area contributed by atoms with Gasteiger partial charge in [0.25, 0.3) is 0 Å². The molecule has 0 amide bonds. The molecule has 0 N–H and O–H groups in total. The first-order valence-corrected chi connectivity index (χ1v) is 3.99. The van der Waals surface area contributed by atoms with Gasteiger partial charge in [-0.1, -0.05) is 32.6 Å². The Kier molecular flexibility index (Phi) is 5.73. The predicted octanol–water partition coefficient (Wildman–Crippen LogP) is 1.52. The van der Waals surface area contributed by atoms with Crippen molar-refractivity contribution in [3.63, 3.8) is 0 Å². The number of likely N-dealkylation sites (N-methyl/N-ethyl adjacent to an activating group) is 1. The smallest absolute Gasteiger partial charge is 0.138 e. The van der Waals surface area contributed by atoms with Gasteiger partial charge in [-0.15, -0.1) is 0 Å². The minimum absolute atomic E-state index is 0.0108. The molecule has 0 aliphatic rings. The van der Waals surface area contributed by atoms with E-state index in [9.17, 15) is 4.79 Å². The van der Waals surface area contributed by atoms with Gasteiger partial charge in [0.1, 0.15) is 6.29 Å². The summed E-state index contributed by atoms with van der Waals surface area (Å²) in [6.45, 7) is 2.11. The number of hydrogen-bond acceptors (Lipinski definition) is 3. The van der Waals surface area contributed by atoms with Gasteiger partial charge in [-0.3, -0.25) is 0 Å². The van der Waals surface area contributed by atoms with Gasteiger partial charge in [0.15, 0.2) is 0 Å². The highest BCUT2D eigenvalue weighted by molar-refractivity contribution is 7.77. The van der Waals surface area contributed by atoms with E-state index >= 15 is 0 Å². The molecule has 1 unspecified atom stereocenters. The Balaban J connectivity index is 3.50. The van der Waals surface area contributed by atoms with Crippen molar-refractivity contribution in [2.75, 3.05) is 7.05 Å². The zero-order valence-corrected chi connectivity index (χ0v) is 7.47. The monoisotopic (exact) mass is 161 g/mol. The summed E-state index contributed by atoms with van der Waals surface area (Å²) < 4.78 is 1.66. The molecule has 0 spiro atoms. The van der Waals surface area contributed by atoms with Crippen LogP contribution in [0.15, 0.2) is 0 Å². The van der Waals surface area contributed by atoms with E-state index in [-0.39, 0.29) is 6.04 Å². The zero-order chi connectivity index (χ0) is 7.98. The van der Waals surface area contributed by atoms with Crippen LogP contribution in [0.5, 0.6) is 0 Å². The third kappa shape index (κ3) is 3.90. The molecule has 0 aliphatic heterocycles. The van der Waals surface area contributed by atoms with Gasteiger partial charge in [-0.2, -0.15) is 0 Å². The molecule has 0 aliphatic carbocycles. The fourth-order valence-electron chi connectivity index (χ4n) is 0.756. The second-order valence-corrected chi connectivity index (χ2v) is 3.05. The predicted molar refractivity (Wildman–Crippen MR) is 46.1 cm³/mol. The number of rotatable bonds is 5. The molecule has 0 saturated carbocycles. The molecular weight excluding hydrogens is 146 g/mol. The van der Waals surface area contributed by atoms with E-state index in [0.717, 1.165) is 25.5 Å². The van der Waals surface area contributed by atoms with Crippen molar-refractivity contribution >= 4 is 19.1 Å². The number of carbonyl (C=O) groups is 1. The van der Waals surface area contributed by atoms with Gasteiger partial charge in [0, 0.05) is 0 Å². The lowest BCUT2D eigenvalue weighted by atomic mass is 10.1. The molecule has 0 aromatic carbocycles. The van der Waals surface area contributed by atoms with Crippen molar-refractivity contribution in [1.82, 2.24) is 4.31 Å². The summed E-state index contributed by atoms with van der Waals surface area (Å²) in [7, 11) is 1.80. The van der Waals surface area contributed by atoms with Crippen LogP contribution in [0, 0.1) is 0 Å². The Bertz CT molecular complexity index is 95.6. The zero-order valence-electron chi connectivity index (χ0n) is 6.58. The van der Waals surface area contributed by atoms with Crippen molar-refractivity contribution in [2.45, 2.75) is 32.2 Å². The molecule has 0 radical (unpaired) electrons. The first-order chi connectivity index (χ1) is 4.72. The average molecular weight is 161 g/mol. The molecule has 0 saturated heterocycles. The second kappa shape index (κ2) is 5.74. The van der Waals surface area contributed by atoms with Crippen LogP contribution in [0.4, 0.5) is 0 Å². The maximum absolute atomic E-state index is 10.4. The van der Waals surface area contributed by atoms with Crippen LogP contribution in [0.25, 0.3) is 0 Å². The van der Waals surface area contributed by atoms with E-state index < -0.39 is 0 Å². The highest BCUT2D eigenvalue weighted by atomic mass is 32.1. The molecule has 0 heterocycles. The third-order valence-electron chi connectivity index (χ3n) is 1.49. The summed E-state index contributed by atoms with van der Waals surface area (Å²) >= 11 is 4.05. The summed E-state index contributed by atoms with van der Waals surface area (Å²) in [4.78, 5) is 10.4. The normalized spacial score (nSPS) is 13.6. The van der Waals surface area contributed by atoms with Crippen LogP contribution in [0.2, 0.25) is 0 Å². The first-order valence-electron chi connectivity index (χ1n) is 3.59. The average Bonchev–Trinajstić information content (AvgIpc) is 1.89. The Morgan fingerprint density at radius 1 is 1.70 bits per heavy atom. The van der Waals surface area contributed by atoms with Crippen molar-refractivity contribution in [3.05, 3.63) is 0 Å². The lowest BCUT2D eigenvalue weighted by Crippen LogP contribution is -2.24. The molecule has 0 bridgehead atoms. The van der Waals surface area contributed by atoms with Crippen LogP contribution in [-0.2, 0) is 4.79 Å². The standard InChI is InChI=1S/C7H15NOS/c1-3-4-5-7(6-9)8(2)10/h6-7,10H,3-5H2,1-2H3. The van der Waals surface area contributed by atoms with Crippen LogP contribution in [0.3, 0.4) is 0 Å². The van der Waals surface area contributed by atoms with Gasteiger partial charge in [0.05, 0.1) is 6.04 Å². The quantitative estimate of drug-likeness (QED) is 0.487. The van der Waals surface area contributed by atoms with E-state index in [1.54, 1.807) is 11.4 Å². The number of hydrogen-bond donors (Lipinski definition) is 1. The Labute approximate surface area is 68.1 Å². The minimum atomic E-state index is -0.0108. The lowest BCUT2D eigenvalue weighted by molar-refractivity contribution is -0.110. The van der Waals surface area contributed by atoms with Gasteiger partial charge in [-0.25, -0.2) is 4.31 Å². The highest BCUT2D eigenvalue weighted by Gasteiger charge is 2.08. The van der Waals surface area contributed by atoms with Crippen molar-refractivity contribution < 1.29 is 4.79 Å². The van der Waals surface area contributed by atoms with Gasteiger partial charge in [0.2, 0.25) is 0 Å². The molecule has 1 atom stereocenters. The molecule has 2 nitrogen and oxygen atoms in total. The van der Waals surface area contributed by atoms with Crippen molar-refractivity contribution in [3.8, 4) is 0 Å². The van der Waals surface area contributed by atoms with Crippen molar-refractivity contribution in [1.29, 1.82) is 0 Å². The number of carbonyl (C=O) groups excluding carboxylic acids is 1. The number of aldehydes is 1. The topological polar surface area (TPSA) is 20.3 Å². The second-order valence-electron chi connectivity index (χ2n) is 2.42. The fourth-order valence-corrected chi connectivity index (χ4v) is 0.926. The largest absolute Gasteiger partial charge is 0.302 e. The highest BCUT2D eigenvalue weighted by Crippen LogP contribution is 2.05. The molecule has 3 heteroatoms. The maximum atomic E-state index is 10.4. The SMILES string of the molecule is CCCCC(C=O)N(C)S. The molecule has 0 rings (SSSR count). The summed E-state index contributed by atoms with van der Waals surface area (Å²) in [6, 6.07) is -0.0108. The Hall–Kier alpha value is -0.0200. The summed E-state index contributed by atoms with van der Waals surface area (Å²) in [6.07, 6.45) is 4.09. The van der Waals surface area contributed by atoms with Crippen LogP contribution in [0.1, 0.15) is 26.2 Å². The molecule has 0 aromatic rings. The van der Waals surface area contributed by atoms with Crippen LogP contribution in [-0.4, -0.2) is 23.7 Å². The maximum Gasteiger partial charge on any atom is 0.138 e. The summed E-state index contributed by atoms with van der Waals surface area (Å²) in [5.74, 6) is 0. The molecule has 0 fully saturated rings. The molecule has 60 valence electrons. The van der Waals surface area contributed by atoms with E-state index in [2.05, 4.69) is 19.7 Å². The molecule has 0 aromatic heterocycles. The molecule has 10 heavy (non-hydrogen) atoms.